The molecule has 17 heavy (non-hydrogen) atoms. The summed E-state index contributed by atoms with van der Waals surface area (Å²) in [4.78, 5) is 19.7. The van der Waals surface area contributed by atoms with E-state index >= 15 is 0 Å². The van der Waals surface area contributed by atoms with Crippen LogP contribution in [-0.4, -0.2) is 26.5 Å². The lowest BCUT2D eigenvalue weighted by molar-refractivity contribution is -0.123. The van der Waals surface area contributed by atoms with E-state index in [-0.39, 0.29) is 12.3 Å². The highest BCUT2D eigenvalue weighted by molar-refractivity contribution is 6.19. The van der Waals surface area contributed by atoms with Crippen molar-refractivity contribution in [1.29, 1.82) is 0 Å². The Morgan fingerprint density at radius 3 is 2.53 bits per heavy atom. The molecule has 1 aromatic rings. The maximum atomic E-state index is 11.7. The van der Waals surface area contributed by atoms with Crippen LogP contribution >= 0.6 is 11.6 Å². The number of carbonyl (C=O) groups is 1. The number of carbonyl (C=O) groups excluding carboxylic acids is 1. The molecule has 0 fully saturated rings. The largest absolute Gasteiger partial charge is 0.377 e. The summed E-state index contributed by atoms with van der Waals surface area (Å²) in [6.07, 6.45) is 3.14. The molecule has 0 radical (unpaired) electrons. The summed E-state index contributed by atoms with van der Waals surface area (Å²) >= 11 is 5.41. The van der Waals surface area contributed by atoms with Gasteiger partial charge in [-0.25, -0.2) is 4.98 Å². The van der Waals surface area contributed by atoms with Gasteiger partial charge in [0.15, 0.2) is 5.82 Å². The van der Waals surface area contributed by atoms with E-state index in [1.807, 2.05) is 20.8 Å². The fourth-order valence-corrected chi connectivity index (χ4v) is 1.16. The van der Waals surface area contributed by atoms with Crippen LogP contribution in [0.25, 0.3) is 0 Å². The SMILES string of the molecule is CC(C)(C)C(=O)Nc1cnc(CC(O)Cl)cn1. The third-order valence-corrected chi connectivity index (χ3v) is 2.16. The number of aromatic nitrogens is 2. The first-order chi connectivity index (χ1) is 7.79. The van der Waals surface area contributed by atoms with E-state index in [1.54, 1.807) is 0 Å². The Morgan fingerprint density at radius 2 is 2.12 bits per heavy atom. The summed E-state index contributed by atoms with van der Waals surface area (Å²) in [7, 11) is 0. The van der Waals surface area contributed by atoms with Gasteiger partial charge in [0, 0.05) is 11.8 Å². The summed E-state index contributed by atoms with van der Waals surface area (Å²) in [5, 5.41) is 11.6. The number of hydrogen-bond donors (Lipinski definition) is 2. The molecule has 0 aliphatic heterocycles. The first-order valence-electron chi connectivity index (χ1n) is 5.23. The smallest absolute Gasteiger partial charge is 0.230 e. The average molecular weight is 258 g/mol. The van der Waals surface area contributed by atoms with Gasteiger partial charge in [0.25, 0.3) is 0 Å². The number of hydrogen-bond acceptors (Lipinski definition) is 4. The molecule has 0 aliphatic rings. The Labute approximate surface area is 105 Å². The van der Waals surface area contributed by atoms with Crippen molar-refractivity contribution in [3.05, 3.63) is 18.1 Å². The summed E-state index contributed by atoms with van der Waals surface area (Å²) < 4.78 is 0. The van der Waals surface area contributed by atoms with Gasteiger partial charge >= 0.3 is 0 Å². The number of nitrogens with zero attached hydrogens (tertiary/aromatic N) is 2. The predicted octanol–water partition coefficient (Wildman–Crippen LogP) is 1.56. The van der Waals surface area contributed by atoms with E-state index in [4.69, 9.17) is 16.7 Å². The molecule has 0 spiro atoms. The van der Waals surface area contributed by atoms with Crippen molar-refractivity contribution in [3.63, 3.8) is 0 Å². The van der Waals surface area contributed by atoms with Gasteiger partial charge in [0.05, 0.1) is 18.1 Å². The molecule has 6 heteroatoms. The first kappa shape index (κ1) is 13.9. The number of aliphatic hydroxyl groups excluding tert-OH is 1. The van der Waals surface area contributed by atoms with Gasteiger partial charge in [-0.3, -0.25) is 9.78 Å². The van der Waals surface area contributed by atoms with E-state index in [9.17, 15) is 4.79 Å². The van der Waals surface area contributed by atoms with Gasteiger partial charge in [-0.05, 0) is 0 Å². The highest BCUT2D eigenvalue weighted by atomic mass is 35.5. The van der Waals surface area contributed by atoms with E-state index in [1.165, 1.54) is 12.4 Å². The van der Waals surface area contributed by atoms with E-state index in [0.717, 1.165) is 0 Å². The van der Waals surface area contributed by atoms with Gasteiger partial charge < -0.3 is 10.4 Å². The number of nitrogens with one attached hydrogen (secondary N) is 1. The monoisotopic (exact) mass is 257 g/mol. The van der Waals surface area contributed by atoms with Crippen molar-refractivity contribution in [2.75, 3.05) is 5.32 Å². The van der Waals surface area contributed by atoms with Gasteiger partial charge in [-0.2, -0.15) is 0 Å². The molecule has 1 rings (SSSR count). The van der Waals surface area contributed by atoms with Crippen LogP contribution in [-0.2, 0) is 11.2 Å². The van der Waals surface area contributed by atoms with Gasteiger partial charge in [-0.1, -0.05) is 32.4 Å². The molecule has 0 saturated heterocycles. The topological polar surface area (TPSA) is 75.1 Å². The van der Waals surface area contributed by atoms with Crippen molar-refractivity contribution < 1.29 is 9.90 Å². The molecular weight excluding hydrogens is 242 g/mol. The molecule has 2 N–H and O–H groups in total. The number of amides is 1. The lowest BCUT2D eigenvalue weighted by Crippen LogP contribution is -2.28. The average Bonchev–Trinajstić information content (AvgIpc) is 2.18. The second kappa shape index (κ2) is 5.42. The molecule has 0 bridgehead atoms. The van der Waals surface area contributed by atoms with Crippen molar-refractivity contribution in [2.45, 2.75) is 32.8 Å². The Bertz CT molecular complexity index is 385. The highest BCUT2D eigenvalue weighted by Crippen LogP contribution is 2.15. The fourth-order valence-electron chi connectivity index (χ4n) is 1.00. The van der Waals surface area contributed by atoms with Crippen LogP contribution in [0.1, 0.15) is 26.5 Å². The third kappa shape index (κ3) is 4.66. The van der Waals surface area contributed by atoms with E-state index in [2.05, 4.69) is 15.3 Å². The molecule has 0 saturated carbocycles. The highest BCUT2D eigenvalue weighted by Gasteiger charge is 2.21. The molecule has 5 nitrogen and oxygen atoms in total. The Morgan fingerprint density at radius 1 is 1.47 bits per heavy atom. The molecule has 94 valence electrons. The molecular formula is C11H16ClN3O2. The number of alkyl halides is 1. The molecule has 0 aliphatic carbocycles. The third-order valence-electron chi connectivity index (χ3n) is 2.01. The molecule has 0 aromatic carbocycles. The lowest BCUT2D eigenvalue weighted by Gasteiger charge is -2.16. The molecule has 1 heterocycles. The van der Waals surface area contributed by atoms with Crippen LogP contribution in [0.2, 0.25) is 0 Å². The minimum absolute atomic E-state index is 0.128. The van der Waals surface area contributed by atoms with E-state index < -0.39 is 11.0 Å². The fraction of sp³-hybridized carbons (Fsp3) is 0.545. The second-order valence-corrected chi connectivity index (χ2v) is 5.24. The zero-order chi connectivity index (χ0) is 13.1. The number of aliphatic hydroxyl groups is 1. The zero-order valence-corrected chi connectivity index (χ0v) is 10.8. The van der Waals surface area contributed by atoms with Crippen LogP contribution in [0.15, 0.2) is 12.4 Å². The van der Waals surface area contributed by atoms with Crippen molar-refractivity contribution in [1.82, 2.24) is 9.97 Å². The Kier molecular flexibility index (Phi) is 4.42. The summed E-state index contributed by atoms with van der Waals surface area (Å²) in [5.41, 5.74) is -0.882. The number of rotatable bonds is 3. The number of anilines is 1. The molecule has 1 unspecified atom stereocenters. The van der Waals surface area contributed by atoms with Crippen LogP contribution in [0.3, 0.4) is 0 Å². The van der Waals surface area contributed by atoms with Gasteiger partial charge in [0.1, 0.15) is 5.56 Å². The summed E-state index contributed by atoms with van der Waals surface area (Å²) in [6, 6.07) is 0. The second-order valence-electron chi connectivity index (χ2n) is 4.74. The molecule has 1 aromatic heterocycles. The minimum atomic E-state index is -0.973. The standard InChI is InChI=1S/C11H16ClN3O2/c1-11(2,3)10(17)15-9-6-13-7(5-14-9)4-8(12)16/h5-6,8,16H,4H2,1-3H3,(H,14,15,17). The Balaban J connectivity index is 2.66. The maximum absolute atomic E-state index is 11.7. The normalized spacial score (nSPS) is 13.2. The summed E-state index contributed by atoms with van der Waals surface area (Å²) in [6.45, 7) is 5.44. The van der Waals surface area contributed by atoms with Crippen molar-refractivity contribution in [3.8, 4) is 0 Å². The van der Waals surface area contributed by atoms with Crippen LogP contribution in [0.4, 0.5) is 5.82 Å². The van der Waals surface area contributed by atoms with Crippen molar-refractivity contribution >= 4 is 23.3 Å². The summed E-state index contributed by atoms with van der Waals surface area (Å²) in [5.74, 6) is 0.259. The van der Waals surface area contributed by atoms with Crippen LogP contribution < -0.4 is 5.32 Å². The van der Waals surface area contributed by atoms with Crippen LogP contribution in [0.5, 0.6) is 0 Å². The number of halogens is 1. The van der Waals surface area contributed by atoms with Gasteiger partial charge in [0.2, 0.25) is 5.91 Å². The Hall–Kier alpha value is -1.20. The maximum Gasteiger partial charge on any atom is 0.230 e. The molecule has 1 atom stereocenters. The molecule has 1 amide bonds. The van der Waals surface area contributed by atoms with Crippen LogP contribution in [0, 0.1) is 5.41 Å². The quantitative estimate of drug-likeness (QED) is 0.806. The van der Waals surface area contributed by atoms with Crippen molar-refractivity contribution in [2.24, 2.45) is 5.41 Å². The minimum Gasteiger partial charge on any atom is -0.377 e. The predicted molar refractivity (Wildman–Crippen MR) is 65.7 cm³/mol. The van der Waals surface area contributed by atoms with E-state index in [0.29, 0.717) is 11.5 Å². The first-order valence-corrected chi connectivity index (χ1v) is 5.67. The zero-order valence-electron chi connectivity index (χ0n) is 10.1. The van der Waals surface area contributed by atoms with Gasteiger partial charge in [-0.15, -0.1) is 0 Å². The lowest BCUT2D eigenvalue weighted by atomic mass is 9.96.